The summed E-state index contributed by atoms with van der Waals surface area (Å²) in [5.41, 5.74) is 4.23. The van der Waals surface area contributed by atoms with Crippen molar-refractivity contribution in [3.8, 4) is 0 Å². The number of hydrogen-bond donors (Lipinski definition) is 2. The number of carbonyl (C=O) groups excluding carboxylic acids is 1. The predicted molar refractivity (Wildman–Crippen MR) is 109 cm³/mol. The van der Waals surface area contributed by atoms with E-state index in [0.29, 0.717) is 12.3 Å². The molecule has 1 aliphatic rings. The number of aromatic amines is 2. The molecule has 0 atom stereocenters. The summed E-state index contributed by atoms with van der Waals surface area (Å²) in [4.78, 5) is 21.4. The zero-order chi connectivity index (χ0) is 19.1. The molecule has 1 saturated heterocycles. The maximum Gasteiger partial charge on any atom is 0.227 e. The molecule has 2 aromatic carbocycles. The van der Waals surface area contributed by atoms with Crippen molar-refractivity contribution in [1.82, 2.24) is 14.9 Å². The lowest BCUT2D eigenvalue weighted by Gasteiger charge is -2.31. The first kappa shape index (κ1) is 17.0. The highest BCUT2D eigenvalue weighted by atomic mass is 19.1. The summed E-state index contributed by atoms with van der Waals surface area (Å²) >= 11 is 0. The molecule has 4 nitrogen and oxygen atoms in total. The molecular formula is C23H22FN3O. The van der Waals surface area contributed by atoms with Crippen LogP contribution in [0, 0.1) is 5.82 Å². The molecular weight excluding hydrogens is 353 g/mol. The van der Waals surface area contributed by atoms with Gasteiger partial charge in [0.05, 0.1) is 6.42 Å². The van der Waals surface area contributed by atoms with Gasteiger partial charge in [-0.05, 0) is 48.7 Å². The van der Waals surface area contributed by atoms with Gasteiger partial charge in [0, 0.05) is 52.7 Å². The molecule has 5 rings (SSSR count). The minimum absolute atomic E-state index is 0.182. The summed E-state index contributed by atoms with van der Waals surface area (Å²) in [5, 5.41) is 2.03. The third-order valence-electron chi connectivity index (χ3n) is 5.91. The molecule has 0 unspecified atom stereocenters. The Hall–Kier alpha value is -3.08. The van der Waals surface area contributed by atoms with Gasteiger partial charge >= 0.3 is 0 Å². The van der Waals surface area contributed by atoms with Gasteiger partial charge in [0.15, 0.2) is 0 Å². The predicted octanol–water partition coefficient (Wildman–Crippen LogP) is 4.74. The van der Waals surface area contributed by atoms with Crippen LogP contribution in [0.4, 0.5) is 4.39 Å². The number of likely N-dealkylation sites (tertiary alicyclic amines) is 1. The zero-order valence-electron chi connectivity index (χ0n) is 15.5. The van der Waals surface area contributed by atoms with Crippen LogP contribution in [0.15, 0.2) is 54.7 Å². The number of H-pyrrole nitrogens is 2. The maximum atomic E-state index is 13.4. The lowest BCUT2D eigenvalue weighted by molar-refractivity contribution is -0.131. The van der Waals surface area contributed by atoms with Crippen LogP contribution >= 0.6 is 0 Å². The highest BCUT2D eigenvalue weighted by Crippen LogP contribution is 2.30. The zero-order valence-corrected chi connectivity index (χ0v) is 15.5. The normalized spacial score (nSPS) is 15.5. The van der Waals surface area contributed by atoms with Crippen LogP contribution in [0.3, 0.4) is 0 Å². The van der Waals surface area contributed by atoms with Crippen molar-refractivity contribution in [3.63, 3.8) is 0 Å². The molecule has 3 heterocycles. The first-order valence-corrected chi connectivity index (χ1v) is 9.78. The number of fused-ring (bicyclic) bond motifs is 2. The molecule has 2 aromatic heterocycles. The second-order valence-electron chi connectivity index (χ2n) is 7.65. The van der Waals surface area contributed by atoms with Crippen molar-refractivity contribution in [2.75, 3.05) is 13.1 Å². The van der Waals surface area contributed by atoms with E-state index in [2.05, 4.69) is 16.0 Å². The van der Waals surface area contributed by atoms with Crippen LogP contribution in [-0.4, -0.2) is 33.9 Å². The van der Waals surface area contributed by atoms with E-state index in [0.717, 1.165) is 59.0 Å². The summed E-state index contributed by atoms with van der Waals surface area (Å²) in [7, 11) is 0. The highest BCUT2D eigenvalue weighted by Gasteiger charge is 2.25. The third-order valence-corrected chi connectivity index (χ3v) is 5.91. The summed E-state index contributed by atoms with van der Waals surface area (Å²) < 4.78 is 13.4. The average Bonchev–Trinajstić information content (AvgIpc) is 3.32. The molecule has 1 fully saturated rings. The van der Waals surface area contributed by atoms with Crippen molar-refractivity contribution in [2.45, 2.75) is 25.2 Å². The molecule has 5 heteroatoms. The Kier molecular flexibility index (Phi) is 4.15. The van der Waals surface area contributed by atoms with Crippen molar-refractivity contribution < 1.29 is 9.18 Å². The fraction of sp³-hybridized carbons (Fsp3) is 0.261. The average molecular weight is 375 g/mol. The molecule has 2 N–H and O–H groups in total. The summed E-state index contributed by atoms with van der Waals surface area (Å²) in [6.07, 6.45) is 4.23. The van der Waals surface area contributed by atoms with E-state index in [4.69, 9.17) is 0 Å². The Balaban J connectivity index is 1.25. The maximum absolute atomic E-state index is 13.4. The number of halogens is 1. The number of piperidine rings is 1. The van der Waals surface area contributed by atoms with Crippen LogP contribution in [0.5, 0.6) is 0 Å². The van der Waals surface area contributed by atoms with Gasteiger partial charge in [0.1, 0.15) is 5.82 Å². The van der Waals surface area contributed by atoms with E-state index < -0.39 is 0 Å². The number of hydrogen-bond acceptors (Lipinski definition) is 1. The molecule has 28 heavy (non-hydrogen) atoms. The number of nitrogens with zero attached hydrogens (tertiary/aromatic N) is 1. The van der Waals surface area contributed by atoms with E-state index >= 15 is 0 Å². The molecule has 1 amide bonds. The summed E-state index contributed by atoms with van der Waals surface area (Å²) in [5.74, 6) is 0.352. The van der Waals surface area contributed by atoms with E-state index in [1.807, 2.05) is 35.4 Å². The van der Waals surface area contributed by atoms with E-state index in [-0.39, 0.29) is 11.7 Å². The summed E-state index contributed by atoms with van der Waals surface area (Å²) in [6.45, 7) is 1.52. The fourth-order valence-electron chi connectivity index (χ4n) is 4.34. The van der Waals surface area contributed by atoms with Crippen LogP contribution in [0.1, 0.15) is 30.0 Å². The molecule has 0 radical (unpaired) electrons. The van der Waals surface area contributed by atoms with Gasteiger partial charge in [-0.2, -0.15) is 0 Å². The Bertz CT molecular complexity index is 1150. The second kappa shape index (κ2) is 6.82. The topological polar surface area (TPSA) is 51.9 Å². The van der Waals surface area contributed by atoms with Gasteiger partial charge in [-0.15, -0.1) is 0 Å². The molecule has 0 spiro atoms. The Labute approximate surface area is 162 Å². The van der Waals surface area contributed by atoms with E-state index in [1.54, 1.807) is 12.1 Å². The Morgan fingerprint density at radius 2 is 1.89 bits per heavy atom. The van der Waals surface area contributed by atoms with E-state index in [1.165, 1.54) is 6.07 Å². The van der Waals surface area contributed by atoms with Crippen LogP contribution < -0.4 is 0 Å². The van der Waals surface area contributed by atoms with Crippen molar-refractivity contribution in [1.29, 1.82) is 0 Å². The molecule has 4 aromatic rings. The van der Waals surface area contributed by atoms with Gasteiger partial charge in [0.25, 0.3) is 0 Å². The number of benzene rings is 2. The largest absolute Gasteiger partial charge is 0.361 e. The third kappa shape index (κ3) is 3.07. The number of nitrogens with one attached hydrogen (secondary N) is 2. The van der Waals surface area contributed by atoms with E-state index in [9.17, 15) is 9.18 Å². The number of aromatic nitrogens is 2. The highest BCUT2D eigenvalue weighted by molar-refractivity contribution is 5.89. The smallest absolute Gasteiger partial charge is 0.227 e. The van der Waals surface area contributed by atoms with Crippen LogP contribution in [0.2, 0.25) is 0 Å². The molecule has 0 saturated carbocycles. The lowest BCUT2D eigenvalue weighted by atomic mass is 9.93. The van der Waals surface area contributed by atoms with Gasteiger partial charge < -0.3 is 14.9 Å². The van der Waals surface area contributed by atoms with Gasteiger partial charge in [-0.25, -0.2) is 4.39 Å². The fourth-order valence-corrected chi connectivity index (χ4v) is 4.34. The van der Waals surface area contributed by atoms with Crippen molar-refractivity contribution in [3.05, 3.63) is 71.8 Å². The van der Waals surface area contributed by atoms with Gasteiger partial charge in [-0.1, -0.05) is 18.2 Å². The minimum Gasteiger partial charge on any atom is -0.361 e. The Morgan fingerprint density at radius 1 is 1.07 bits per heavy atom. The monoisotopic (exact) mass is 375 g/mol. The van der Waals surface area contributed by atoms with Gasteiger partial charge in [0.2, 0.25) is 5.91 Å². The number of amides is 1. The minimum atomic E-state index is -0.212. The number of rotatable bonds is 3. The standard InChI is InChI=1S/C23H22FN3O/c24-18-5-6-20-16(11-18)12-22(26-20)15-7-9-27(10-8-15)23(28)13-17-14-25-21-4-2-1-3-19(17)21/h1-6,11-12,14-15,25-26H,7-10,13H2. The first-order valence-electron chi connectivity index (χ1n) is 9.78. The number of para-hydroxylation sites is 1. The number of carbonyl (C=O) groups is 1. The second-order valence-corrected chi connectivity index (χ2v) is 7.65. The van der Waals surface area contributed by atoms with Crippen LogP contribution in [-0.2, 0) is 11.2 Å². The van der Waals surface area contributed by atoms with Crippen molar-refractivity contribution >= 4 is 27.7 Å². The van der Waals surface area contributed by atoms with Crippen LogP contribution in [0.25, 0.3) is 21.8 Å². The quantitative estimate of drug-likeness (QED) is 0.534. The lowest BCUT2D eigenvalue weighted by Crippen LogP contribution is -2.38. The first-order chi connectivity index (χ1) is 13.7. The Morgan fingerprint density at radius 3 is 2.75 bits per heavy atom. The summed E-state index contributed by atoms with van der Waals surface area (Å²) in [6, 6.07) is 15.0. The molecule has 142 valence electrons. The molecule has 0 aliphatic carbocycles. The SMILES string of the molecule is O=C(Cc1c[nH]c2ccccc12)N1CCC(c2cc3cc(F)ccc3[nH]2)CC1. The van der Waals surface area contributed by atoms with Crippen molar-refractivity contribution in [2.24, 2.45) is 0 Å². The molecule has 0 bridgehead atoms. The van der Waals surface area contributed by atoms with Gasteiger partial charge in [-0.3, -0.25) is 4.79 Å². The molecule has 1 aliphatic heterocycles.